The van der Waals surface area contributed by atoms with E-state index < -0.39 is 6.10 Å². The molecule has 0 bridgehead atoms. The number of aromatic hydroxyl groups is 1. The van der Waals surface area contributed by atoms with Crippen molar-refractivity contribution in [2.45, 2.75) is 77.4 Å². The van der Waals surface area contributed by atoms with Gasteiger partial charge in [0.05, 0.1) is 11.8 Å². The molecular formula is C17H33N3O3. The van der Waals surface area contributed by atoms with Crippen LogP contribution in [0.4, 0.5) is 0 Å². The van der Waals surface area contributed by atoms with Crippen molar-refractivity contribution in [2.24, 2.45) is 12.8 Å². The Labute approximate surface area is 138 Å². The Hall–Kier alpha value is -1.27. The number of hydrogen-bond donors (Lipinski definition) is 3. The van der Waals surface area contributed by atoms with E-state index in [0.717, 1.165) is 32.1 Å². The van der Waals surface area contributed by atoms with Crippen molar-refractivity contribution >= 4 is 0 Å². The molecule has 0 radical (unpaired) electrons. The lowest BCUT2D eigenvalue weighted by molar-refractivity contribution is 0.144. The largest absolute Gasteiger partial charge is 0.493 e. The fourth-order valence-electron chi connectivity index (χ4n) is 2.84. The van der Waals surface area contributed by atoms with Crippen LogP contribution in [0, 0.1) is 0 Å². The first-order valence-electron chi connectivity index (χ1n) is 8.88. The standard InChI is InChI=1S/C17H33N3O3/c1-3-4-5-6-9-14(21)11-13-20-15(10-7-8-12-18)16(22)19(2)17(20)23/h14,21-22H,3-13,18H2,1-2H3. The molecule has 0 aromatic carbocycles. The molecule has 1 unspecified atom stereocenters. The SMILES string of the molecule is CCCCCCC(O)CCn1c(CCCCN)c(O)n(C)c1=O. The minimum Gasteiger partial charge on any atom is -0.493 e. The molecule has 0 aliphatic heterocycles. The number of nitrogens with two attached hydrogens (primary N) is 1. The smallest absolute Gasteiger partial charge is 0.331 e. The highest BCUT2D eigenvalue weighted by atomic mass is 16.3. The number of aliphatic hydroxyl groups is 1. The van der Waals surface area contributed by atoms with E-state index in [1.807, 2.05) is 0 Å². The minimum absolute atomic E-state index is 0.0319. The molecule has 23 heavy (non-hydrogen) atoms. The minimum atomic E-state index is -0.391. The summed E-state index contributed by atoms with van der Waals surface area (Å²) >= 11 is 0. The first-order valence-corrected chi connectivity index (χ1v) is 8.88. The van der Waals surface area contributed by atoms with E-state index in [4.69, 9.17) is 5.73 Å². The highest BCUT2D eigenvalue weighted by molar-refractivity contribution is 5.20. The average Bonchev–Trinajstić information content (AvgIpc) is 2.74. The monoisotopic (exact) mass is 327 g/mol. The van der Waals surface area contributed by atoms with Crippen LogP contribution in [-0.4, -0.2) is 32.0 Å². The number of aliphatic hydroxyl groups excluding tert-OH is 1. The van der Waals surface area contributed by atoms with Crippen molar-refractivity contribution in [2.75, 3.05) is 6.54 Å². The van der Waals surface area contributed by atoms with Gasteiger partial charge in [-0.05, 0) is 38.6 Å². The molecule has 1 aromatic heterocycles. The first-order chi connectivity index (χ1) is 11.0. The van der Waals surface area contributed by atoms with Crippen LogP contribution in [0.2, 0.25) is 0 Å². The molecular weight excluding hydrogens is 294 g/mol. The molecule has 0 aliphatic rings. The number of aromatic nitrogens is 2. The lowest BCUT2D eigenvalue weighted by atomic mass is 10.1. The average molecular weight is 327 g/mol. The van der Waals surface area contributed by atoms with E-state index in [1.54, 1.807) is 11.6 Å². The number of nitrogens with zero attached hydrogens (tertiary/aromatic N) is 2. The second-order valence-electron chi connectivity index (χ2n) is 6.30. The highest BCUT2D eigenvalue weighted by Gasteiger charge is 2.17. The molecule has 0 saturated carbocycles. The Morgan fingerprint density at radius 2 is 1.87 bits per heavy atom. The fraction of sp³-hybridized carbons (Fsp3) is 0.824. The van der Waals surface area contributed by atoms with Crippen molar-refractivity contribution in [3.63, 3.8) is 0 Å². The summed E-state index contributed by atoms with van der Waals surface area (Å²) in [6.45, 7) is 3.21. The molecule has 1 heterocycles. The van der Waals surface area contributed by atoms with Gasteiger partial charge < -0.3 is 15.9 Å². The number of unbranched alkanes of at least 4 members (excludes halogenated alkanes) is 4. The summed E-state index contributed by atoms with van der Waals surface area (Å²) in [4.78, 5) is 12.2. The van der Waals surface area contributed by atoms with Gasteiger partial charge in [0, 0.05) is 13.6 Å². The van der Waals surface area contributed by atoms with Gasteiger partial charge in [0.25, 0.3) is 0 Å². The molecule has 0 spiro atoms. The summed E-state index contributed by atoms with van der Waals surface area (Å²) < 4.78 is 2.87. The Morgan fingerprint density at radius 3 is 2.52 bits per heavy atom. The zero-order chi connectivity index (χ0) is 17.2. The molecule has 6 heteroatoms. The van der Waals surface area contributed by atoms with Gasteiger partial charge in [-0.15, -0.1) is 0 Å². The normalized spacial score (nSPS) is 12.7. The van der Waals surface area contributed by atoms with E-state index in [-0.39, 0.29) is 11.6 Å². The van der Waals surface area contributed by atoms with E-state index >= 15 is 0 Å². The maximum Gasteiger partial charge on any atom is 0.331 e. The molecule has 0 amide bonds. The first kappa shape index (κ1) is 19.8. The van der Waals surface area contributed by atoms with Gasteiger partial charge in [-0.3, -0.25) is 9.13 Å². The Kier molecular flexibility index (Phi) is 9.02. The molecule has 1 aromatic rings. The number of rotatable bonds is 12. The molecule has 0 saturated heterocycles. The fourth-order valence-corrected chi connectivity index (χ4v) is 2.84. The van der Waals surface area contributed by atoms with Crippen LogP contribution in [0.25, 0.3) is 0 Å². The molecule has 4 N–H and O–H groups in total. The molecule has 0 fully saturated rings. The van der Waals surface area contributed by atoms with Crippen LogP contribution in [0.15, 0.2) is 4.79 Å². The predicted molar refractivity (Wildman–Crippen MR) is 92.7 cm³/mol. The van der Waals surface area contributed by atoms with Crippen molar-refractivity contribution in [3.05, 3.63) is 16.2 Å². The third kappa shape index (κ3) is 6.03. The zero-order valence-corrected chi connectivity index (χ0v) is 14.6. The van der Waals surface area contributed by atoms with Gasteiger partial charge in [0.2, 0.25) is 5.88 Å². The zero-order valence-electron chi connectivity index (χ0n) is 14.6. The highest BCUT2D eigenvalue weighted by Crippen LogP contribution is 2.18. The van der Waals surface area contributed by atoms with E-state index in [2.05, 4.69) is 6.92 Å². The Bertz CT molecular complexity index is 508. The lowest BCUT2D eigenvalue weighted by Crippen LogP contribution is -2.25. The maximum absolute atomic E-state index is 12.2. The van der Waals surface area contributed by atoms with Gasteiger partial charge in [-0.25, -0.2) is 4.79 Å². The van der Waals surface area contributed by atoms with Crippen LogP contribution in [0.1, 0.15) is 64.0 Å². The molecule has 134 valence electrons. The summed E-state index contributed by atoms with van der Waals surface area (Å²) in [6.07, 6.45) is 7.80. The summed E-state index contributed by atoms with van der Waals surface area (Å²) in [5, 5.41) is 20.2. The van der Waals surface area contributed by atoms with Gasteiger partial charge in [-0.1, -0.05) is 32.6 Å². The Morgan fingerprint density at radius 1 is 1.13 bits per heavy atom. The van der Waals surface area contributed by atoms with Crippen LogP contribution < -0.4 is 11.4 Å². The summed E-state index contributed by atoms with van der Waals surface area (Å²) in [7, 11) is 1.57. The van der Waals surface area contributed by atoms with Gasteiger partial charge in [-0.2, -0.15) is 0 Å². The van der Waals surface area contributed by atoms with Gasteiger partial charge in [0.1, 0.15) is 0 Å². The summed E-state index contributed by atoms with van der Waals surface area (Å²) in [5.41, 5.74) is 5.94. The van der Waals surface area contributed by atoms with Crippen molar-refractivity contribution < 1.29 is 10.2 Å². The maximum atomic E-state index is 12.2. The second kappa shape index (κ2) is 10.5. The van der Waals surface area contributed by atoms with Gasteiger partial charge >= 0.3 is 5.69 Å². The quantitative estimate of drug-likeness (QED) is 0.511. The van der Waals surface area contributed by atoms with Crippen molar-refractivity contribution in [3.8, 4) is 5.88 Å². The summed E-state index contributed by atoms with van der Waals surface area (Å²) in [6, 6.07) is 0. The third-order valence-corrected chi connectivity index (χ3v) is 4.36. The molecule has 1 atom stereocenters. The van der Waals surface area contributed by atoms with E-state index in [0.29, 0.717) is 31.6 Å². The van der Waals surface area contributed by atoms with Crippen molar-refractivity contribution in [1.82, 2.24) is 9.13 Å². The van der Waals surface area contributed by atoms with Crippen LogP contribution in [0.3, 0.4) is 0 Å². The van der Waals surface area contributed by atoms with Gasteiger partial charge in [0.15, 0.2) is 0 Å². The van der Waals surface area contributed by atoms with Crippen molar-refractivity contribution in [1.29, 1.82) is 0 Å². The predicted octanol–water partition coefficient (Wildman–Crippen LogP) is 1.90. The Balaban J connectivity index is 2.60. The van der Waals surface area contributed by atoms with E-state index in [1.165, 1.54) is 17.4 Å². The number of hydrogen-bond acceptors (Lipinski definition) is 4. The topological polar surface area (TPSA) is 93.4 Å². The molecule has 1 rings (SSSR count). The van der Waals surface area contributed by atoms with E-state index in [9.17, 15) is 15.0 Å². The third-order valence-electron chi connectivity index (χ3n) is 4.36. The molecule has 6 nitrogen and oxygen atoms in total. The van der Waals surface area contributed by atoms with Crippen LogP contribution in [0.5, 0.6) is 5.88 Å². The second-order valence-corrected chi connectivity index (χ2v) is 6.30. The summed E-state index contributed by atoms with van der Waals surface area (Å²) in [5.74, 6) is 0.0319. The molecule has 0 aliphatic carbocycles. The lowest BCUT2D eigenvalue weighted by Gasteiger charge is -2.12. The number of imidazole rings is 1. The van der Waals surface area contributed by atoms with Crippen LogP contribution in [-0.2, 0) is 20.0 Å². The van der Waals surface area contributed by atoms with Crippen LogP contribution >= 0.6 is 0 Å².